The number of rotatable bonds is 6. The molecular formula is C43H36BCl3F3N9O4. The van der Waals surface area contributed by atoms with E-state index in [0.29, 0.717) is 29.0 Å². The summed E-state index contributed by atoms with van der Waals surface area (Å²) in [4.78, 5) is 36.6. The molecule has 9 aromatic rings. The van der Waals surface area contributed by atoms with Crippen molar-refractivity contribution in [3.05, 3.63) is 163 Å². The molecule has 0 unspecified atom stereocenters. The molecule has 0 bridgehead atoms. The van der Waals surface area contributed by atoms with Crippen LogP contribution in [-0.2, 0) is 9.59 Å². The quantitative estimate of drug-likeness (QED) is 0.0548. The van der Waals surface area contributed by atoms with Gasteiger partial charge in [-0.25, -0.2) is 28.1 Å². The lowest BCUT2D eigenvalue weighted by atomic mass is 9.80. The Morgan fingerprint density at radius 3 is 1.56 bits per heavy atom. The van der Waals surface area contributed by atoms with Gasteiger partial charge in [0.15, 0.2) is 5.95 Å². The molecule has 20 heteroatoms. The molecule has 0 aliphatic heterocycles. The largest absolute Gasteiger partial charge is 0.488 e. The van der Waals surface area contributed by atoms with Gasteiger partial charge in [0.2, 0.25) is 23.0 Å². The highest BCUT2D eigenvalue weighted by atomic mass is 35.5. The van der Waals surface area contributed by atoms with Crippen molar-refractivity contribution < 1.29 is 32.8 Å². The lowest BCUT2D eigenvalue weighted by Crippen LogP contribution is -2.29. The molecule has 13 nitrogen and oxygen atoms in total. The third kappa shape index (κ3) is 13.3. The smallest absolute Gasteiger partial charge is 0.423 e. The number of alkyl halides is 2. The van der Waals surface area contributed by atoms with Crippen molar-refractivity contribution in [3.8, 4) is 11.4 Å². The van der Waals surface area contributed by atoms with E-state index in [-0.39, 0.29) is 35.1 Å². The Morgan fingerprint density at radius 1 is 0.619 bits per heavy atom. The first-order chi connectivity index (χ1) is 30.3. The Bertz CT molecular complexity index is 2870. The van der Waals surface area contributed by atoms with Crippen LogP contribution in [0.15, 0.2) is 146 Å². The normalized spacial score (nSPS) is 10.3. The average molecular weight is 917 g/mol. The van der Waals surface area contributed by atoms with Crippen LogP contribution in [0.5, 0.6) is 0 Å². The highest BCUT2D eigenvalue weighted by Crippen LogP contribution is 2.25. The molecule has 1 amide bonds. The maximum Gasteiger partial charge on any atom is 0.488 e. The molecule has 0 atom stereocenters. The lowest BCUT2D eigenvalue weighted by molar-refractivity contribution is -0.114. The van der Waals surface area contributed by atoms with Gasteiger partial charge in [0, 0.05) is 11.4 Å². The van der Waals surface area contributed by atoms with Crippen molar-refractivity contribution in [1.82, 2.24) is 29.1 Å². The summed E-state index contributed by atoms with van der Waals surface area (Å²) in [7, 11) is -1.51. The number of halogens is 6. The van der Waals surface area contributed by atoms with Crippen LogP contribution in [0.2, 0.25) is 0 Å². The van der Waals surface area contributed by atoms with Gasteiger partial charge in [-0.3, -0.25) is 24.0 Å². The van der Waals surface area contributed by atoms with Crippen molar-refractivity contribution in [3.63, 3.8) is 0 Å². The van der Waals surface area contributed by atoms with Gasteiger partial charge < -0.3 is 26.5 Å². The molecule has 6 aromatic carbocycles. The summed E-state index contributed by atoms with van der Waals surface area (Å²) in [5.74, 6) is -0.354. The molecule has 0 saturated carbocycles. The maximum absolute atomic E-state index is 13.1. The van der Waals surface area contributed by atoms with Gasteiger partial charge >= 0.3 is 7.12 Å². The number of imidazole rings is 3. The number of aromatic amines is 1. The standard InChI is InChI=1S/C15H11ClFN3O.C13H10FN3.C7H7N3.C6H6BFO2.C2H2Cl2O/c16-9-14(21)19-15-18-12-3-1-2-4-13(12)20(15)11-7-5-10(17)6-8-11;14-9-5-7-10(8-6-9)17-12-4-2-1-3-11(12)16-13(17)15;8-7-9-5-3-1-2-4-6(5)10-7;8-6-3-1-5(2-4-6)7(9)10;3-1-2(4)5/h1-8H,9H2,(H,18,19,21);1-8H,(H2,15,16);1-4H,(H3,8,9,10);1-4,9-10H;1H2. The molecule has 0 spiro atoms. The molecule has 322 valence electrons. The summed E-state index contributed by atoms with van der Waals surface area (Å²) in [6.45, 7) is 0. The third-order valence-electron chi connectivity index (χ3n) is 8.37. The van der Waals surface area contributed by atoms with Crippen LogP contribution in [-0.4, -0.2) is 69.1 Å². The van der Waals surface area contributed by atoms with E-state index in [0.717, 1.165) is 38.8 Å². The Kier molecular flexibility index (Phi) is 17.1. The highest BCUT2D eigenvalue weighted by Gasteiger charge is 2.15. The Hall–Kier alpha value is -6.89. The van der Waals surface area contributed by atoms with Crippen molar-refractivity contribution in [2.24, 2.45) is 0 Å². The number of fused-ring (bicyclic) bond motifs is 3. The Morgan fingerprint density at radius 2 is 1.06 bits per heavy atom. The van der Waals surface area contributed by atoms with Crippen LogP contribution in [0.4, 0.5) is 31.0 Å². The van der Waals surface area contributed by atoms with Gasteiger partial charge in [0.25, 0.3) is 0 Å². The number of anilines is 3. The maximum atomic E-state index is 13.1. The van der Waals surface area contributed by atoms with Gasteiger partial charge in [-0.15, -0.1) is 23.2 Å². The summed E-state index contributed by atoms with van der Waals surface area (Å²) in [6, 6.07) is 40.0. The Labute approximate surface area is 372 Å². The lowest BCUT2D eigenvalue weighted by Gasteiger charge is -2.09. The number of nitrogens with one attached hydrogen (secondary N) is 2. The molecule has 0 radical (unpaired) electrons. The van der Waals surface area contributed by atoms with Crippen LogP contribution in [0, 0.1) is 17.5 Å². The number of carbonyl (C=O) groups is 2. The van der Waals surface area contributed by atoms with Gasteiger partial charge in [-0.1, -0.05) is 48.5 Å². The van der Waals surface area contributed by atoms with Crippen LogP contribution in [0.3, 0.4) is 0 Å². The molecule has 0 saturated heterocycles. The van der Waals surface area contributed by atoms with Gasteiger partial charge in [-0.05, 0) is 114 Å². The number of nitrogens with two attached hydrogens (primary N) is 2. The SMILES string of the molecule is Nc1nc2ccccc2[nH]1.Nc1nc2ccccc2n1-c1ccc(F)cc1.O=C(CCl)Nc1nc2ccccc2n1-c1ccc(F)cc1.O=C(Cl)CCl.OB(O)c1ccc(F)cc1. The zero-order chi connectivity index (χ0) is 45.5. The molecule has 9 rings (SSSR count). The second-order valence-corrected chi connectivity index (χ2v) is 13.7. The number of nitrogens with zero attached hydrogens (tertiary/aromatic N) is 5. The fourth-order valence-electron chi connectivity index (χ4n) is 5.63. The zero-order valence-corrected chi connectivity index (χ0v) is 35.0. The number of para-hydroxylation sites is 6. The number of carbonyl (C=O) groups excluding carboxylic acids is 2. The van der Waals surface area contributed by atoms with E-state index in [4.69, 9.17) is 56.3 Å². The molecular weight excluding hydrogens is 881 g/mol. The van der Waals surface area contributed by atoms with Crippen molar-refractivity contribution in [2.45, 2.75) is 0 Å². The van der Waals surface area contributed by atoms with Crippen LogP contribution >= 0.6 is 34.8 Å². The van der Waals surface area contributed by atoms with E-state index in [9.17, 15) is 22.8 Å². The second-order valence-electron chi connectivity index (χ2n) is 12.7. The molecule has 8 N–H and O–H groups in total. The number of nitrogen functional groups attached to an aromatic ring is 2. The number of H-pyrrole nitrogens is 1. The Balaban J connectivity index is 0.000000159. The van der Waals surface area contributed by atoms with E-state index in [1.807, 2.05) is 72.8 Å². The summed E-state index contributed by atoms with van der Waals surface area (Å²) < 4.78 is 41.7. The first kappa shape index (κ1) is 47.2. The number of amides is 1. The van der Waals surface area contributed by atoms with E-state index in [1.165, 1.54) is 48.5 Å². The number of hydrogen-bond donors (Lipinski definition) is 6. The van der Waals surface area contributed by atoms with Crippen molar-refractivity contribution in [2.75, 3.05) is 28.5 Å². The zero-order valence-electron chi connectivity index (χ0n) is 32.7. The summed E-state index contributed by atoms with van der Waals surface area (Å²) >= 11 is 15.1. The first-order valence-electron chi connectivity index (χ1n) is 18.4. The molecule has 3 heterocycles. The monoisotopic (exact) mass is 915 g/mol. The predicted octanol–water partition coefficient (Wildman–Crippen LogP) is 7.73. The van der Waals surface area contributed by atoms with Crippen LogP contribution in [0.25, 0.3) is 44.5 Å². The average Bonchev–Trinajstić information content (AvgIpc) is 3.96. The van der Waals surface area contributed by atoms with Gasteiger partial charge in [0.05, 0.1) is 39.0 Å². The highest BCUT2D eigenvalue weighted by molar-refractivity contribution is 6.67. The third-order valence-corrected chi connectivity index (χ3v) is 9.13. The van der Waals surface area contributed by atoms with E-state index < -0.39 is 12.4 Å². The molecule has 3 aromatic heterocycles. The predicted molar refractivity (Wildman–Crippen MR) is 244 cm³/mol. The topological polar surface area (TPSA) is 203 Å². The molecule has 0 aliphatic rings. The minimum Gasteiger partial charge on any atom is -0.423 e. The number of aromatic nitrogens is 6. The van der Waals surface area contributed by atoms with Crippen LogP contribution < -0.4 is 22.2 Å². The number of hydrogen-bond acceptors (Lipinski definition) is 9. The van der Waals surface area contributed by atoms with Crippen molar-refractivity contribution in [1.29, 1.82) is 0 Å². The van der Waals surface area contributed by atoms with E-state index in [1.54, 1.807) is 33.4 Å². The summed E-state index contributed by atoms with van der Waals surface area (Å²) in [6.07, 6.45) is 0. The summed E-state index contributed by atoms with van der Waals surface area (Å²) in [5.41, 5.74) is 18.3. The second kappa shape index (κ2) is 22.8. The van der Waals surface area contributed by atoms with E-state index in [2.05, 4.69) is 25.3 Å². The molecule has 63 heavy (non-hydrogen) atoms. The fraction of sp³-hybridized carbons (Fsp3) is 0.0465. The van der Waals surface area contributed by atoms with Crippen LogP contribution in [0.1, 0.15) is 0 Å². The molecule has 0 fully saturated rings. The minimum absolute atomic E-state index is 0.0957. The minimum atomic E-state index is -1.51. The molecule has 0 aliphatic carbocycles. The van der Waals surface area contributed by atoms with Gasteiger partial charge in [-0.2, -0.15) is 0 Å². The first-order valence-corrected chi connectivity index (χ1v) is 19.9. The summed E-state index contributed by atoms with van der Waals surface area (Å²) in [5, 5.41) is 19.2. The van der Waals surface area contributed by atoms with E-state index >= 15 is 0 Å². The fourth-order valence-corrected chi connectivity index (χ4v) is 5.70. The van der Waals surface area contributed by atoms with Crippen molar-refractivity contribution >= 4 is 109 Å². The van der Waals surface area contributed by atoms with Gasteiger partial charge in [0.1, 0.15) is 23.3 Å². The number of benzene rings is 6.